The molecule has 3 rings (SSSR count). The van der Waals surface area contributed by atoms with Crippen LogP contribution in [-0.4, -0.2) is 29.3 Å². The van der Waals surface area contributed by atoms with E-state index in [1.165, 1.54) is 12.7 Å². The van der Waals surface area contributed by atoms with E-state index in [1.54, 1.807) is 6.07 Å². The highest BCUT2D eigenvalue weighted by molar-refractivity contribution is 5.95. The second-order valence-corrected chi connectivity index (χ2v) is 5.16. The van der Waals surface area contributed by atoms with Crippen LogP contribution in [0.25, 0.3) is 10.9 Å². The predicted octanol–water partition coefficient (Wildman–Crippen LogP) is 2.58. The second-order valence-electron chi connectivity index (χ2n) is 5.16. The number of aromatic amines is 1. The Kier molecular flexibility index (Phi) is 3.03. The van der Waals surface area contributed by atoms with E-state index in [0.29, 0.717) is 11.5 Å². The molecule has 1 aromatic heterocycles. The van der Waals surface area contributed by atoms with Crippen molar-refractivity contribution in [1.29, 1.82) is 0 Å². The molecule has 1 aliphatic rings. The van der Waals surface area contributed by atoms with E-state index in [9.17, 15) is 9.90 Å². The monoisotopic (exact) mass is 259 g/mol. The summed E-state index contributed by atoms with van der Waals surface area (Å²) in [5, 5.41) is 10.8. The van der Waals surface area contributed by atoms with Gasteiger partial charge in [0.15, 0.2) is 0 Å². The molecule has 0 saturated heterocycles. The van der Waals surface area contributed by atoms with Crippen LogP contribution in [0.5, 0.6) is 0 Å². The number of nitrogens with one attached hydrogen (secondary N) is 1. The molecule has 0 radical (unpaired) electrons. The van der Waals surface area contributed by atoms with Gasteiger partial charge in [0.25, 0.3) is 0 Å². The normalized spacial score (nSPS) is 22.8. The van der Waals surface area contributed by atoms with Crippen LogP contribution in [0, 0.1) is 0 Å². The topological polar surface area (TPSA) is 62.3 Å². The maximum atomic E-state index is 11.5. The molecule has 2 atom stereocenters. The van der Waals surface area contributed by atoms with Gasteiger partial charge in [0, 0.05) is 17.1 Å². The fraction of sp³-hybridized carbons (Fsp3) is 0.400. The first kappa shape index (κ1) is 12.2. The van der Waals surface area contributed by atoms with Gasteiger partial charge < -0.3 is 14.8 Å². The average Bonchev–Trinajstić information content (AvgIpc) is 3.02. The summed E-state index contributed by atoms with van der Waals surface area (Å²) in [5.41, 5.74) is 2.73. The number of benzene rings is 1. The molecular weight excluding hydrogens is 242 g/mol. The van der Waals surface area contributed by atoms with Crippen molar-refractivity contribution in [2.45, 2.75) is 31.3 Å². The average molecular weight is 259 g/mol. The Balaban J connectivity index is 1.98. The lowest BCUT2D eigenvalue weighted by Gasteiger charge is -2.08. The third-order valence-corrected chi connectivity index (χ3v) is 3.98. The summed E-state index contributed by atoms with van der Waals surface area (Å²) in [6, 6.07) is 5.56. The Morgan fingerprint density at radius 3 is 2.95 bits per heavy atom. The molecular formula is C15H17NO3. The van der Waals surface area contributed by atoms with Gasteiger partial charge >= 0.3 is 5.97 Å². The number of esters is 1. The third-order valence-electron chi connectivity index (χ3n) is 3.98. The van der Waals surface area contributed by atoms with Gasteiger partial charge in [0.1, 0.15) is 0 Å². The number of aliphatic hydroxyl groups is 1. The van der Waals surface area contributed by atoms with Crippen LogP contribution in [0.4, 0.5) is 0 Å². The van der Waals surface area contributed by atoms with Gasteiger partial charge in [-0.15, -0.1) is 0 Å². The number of hydrogen-bond donors (Lipinski definition) is 2. The number of ether oxygens (including phenoxy) is 1. The fourth-order valence-electron chi connectivity index (χ4n) is 2.97. The lowest BCUT2D eigenvalue weighted by atomic mass is 9.96. The Bertz CT molecular complexity index is 617. The lowest BCUT2D eigenvalue weighted by molar-refractivity contribution is 0.0601. The van der Waals surface area contributed by atoms with Crippen LogP contribution in [0.15, 0.2) is 24.4 Å². The number of carbonyl (C=O) groups excluding carboxylic acids is 1. The molecule has 0 aliphatic heterocycles. The molecule has 4 nitrogen and oxygen atoms in total. The summed E-state index contributed by atoms with van der Waals surface area (Å²) in [5.74, 6) is 0.0852. The standard InChI is InChI=1S/C15H17NO3/c1-19-15(18)10-3-5-12-13(8-16-14(12)7-10)9-2-4-11(17)6-9/h3,5,7-9,11,16-17H,2,4,6H2,1H3. The number of aromatic nitrogens is 1. The number of methoxy groups -OCH3 is 1. The maximum absolute atomic E-state index is 11.5. The van der Waals surface area contributed by atoms with E-state index in [2.05, 4.69) is 4.98 Å². The number of fused-ring (bicyclic) bond motifs is 1. The molecule has 2 aromatic rings. The summed E-state index contributed by atoms with van der Waals surface area (Å²) in [4.78, 5) is 14.7. The molecule has 19 heavy (non-hydrogen) atoms. The SMILES string of the molecule is COC(=O)c1ccc2c(C3CCC(O)C3)c[nH]c2c1. The molecule has 100 valence electrons. The molecule has 1 fully saturated rings. The fourth-order valence-corrected chi connectivity index (χ4v) is 2.97. The van der Waals surface area contributed by atoms with Crippen LogP contribution in [0.2, 0.25) is 0 Å². The minimum absolute atomic E-state index is 0.177. The van der Waals surface area contributed by atoms with E-state index in [1.807, 2.05) is 18.3 Å². The van der Waals surface area contributed by atoms with Crippen molar-refractivity contribution in [2.75, 3.05) is 7.11 Å². The predicted molar refractivity (Wildman–Crippen MR) is 72.2 cm³/mol. The zero-order chi connectivity index (χ0) is 13.4. The van der Waals surface area contributed by atoms with E-state index in [0.717, 1.165) is 30.2 Å². The van der Waals surface area contributed by atoms with Crippen LogP contribution >= 0.6 is 0 Å². The minimum Gasteiger partial charge on any atom is -0.465 e. The van der Waals surface area contributed by atoms with Crippen LogP contribution < -0.4 is 0 Å². The van der Waals surface area contributed by atoms with Crippen molar-refractivity contribution in [3.63, 3.8) is 0 Å². The molecule has 0 amide bonds. The highest BCUT2D eigenvalue weighted by atomic mass is 16.5. The minimum atomic E-state index is -0.325. The number of H-pyrrole nitrogens is 1. The first-order valence-corrected chi connectivity index (χ1v) is 6.56. The van der Waals surface area contributed by atoms with Gasteiger partial charge in [-0.1, -0.05) is 6.07 Å². The van der Waals surface area contributed by atoms with Crippen LogP contribution in [-0.2, 0) is 4.74 Å². The van der Waals surface area contributed by atoms with Crippen molar-refractivity contribution in [2.24, 2.45) is 0 Å². The van der Waals surface area contributed by atoms with E-state index in [-0.39, 0.29) is 12.1 Å². The van der Waals surface area contributed by atoms with Crippen molar-refractivity contribution >= 4 is 16.9 Å². The molecule has 2 unspecified atom stereocenters. The van der Waals surface area contributed by atoms with Gasteiger partial charge in [-0.3, -0.25) is 0 Å². The Labute approximate surface area is 111 Å². The summed E-state index contributed by atoms with van der Waals surface area (Å²) >= 11 is 0. The van der Waals surface area contributed by atoms with Crippen molar-refractivity contribution in [1.82, 2.24) is 4.98 Å². The Morgan fingerprint density at radius 2 is 2.26 bits per heavy atom. The van der Waals surface area contributed by atoms with E-state index < -0.39 is 0 Å². The largest absolute Gasteiger partial charge is 0.465 e. The Morgan fingerprint density at radius 1 is 1.42 bits per heavy atom. The molecule has 1 saturated carbocycles. The zero-order valence-electron chi connectivity index (χ0n) is 10.8. The van der Waals surface area contributed by atoms with E-state index in [4.69, 9.17) is 4.74 Å². The van der Waals surface area contributed by atoms with Gasteiger partial charge in [0.05, 0.1) is 18.8 Å². The summed E-state index contributed by atoms with van der Waals surface area (Å²) in [6.45, 7) is 0. The highest BCUT2D eigenvalue weighted by Crippen LogP contribution is 2.38. The van der Waals surface area contributed by atoms with Crippen LogP contribution in [0.3, 0.4) is 0 Å². The third kappa shape index (κ3) is 2.12. The maximum Gasteiger partial charge on any atom is 0.337 e. The van der Waals surface area contributed by atoms with Gasteiger partial charge in [-0.25, -0.2) is 4.79 Å². The molecule has 1 aromatic carbocycles. The highest BCUT2D eigenvalue weighted by Gasteiger charge is 2.26. The quantitative estimate of drug-likeness (QED) is 0.815. The van der Waals surface area contributed by atoms with Crippen molar-refractivity contribution < 1.29 is 14.6 Å². The van der Waals surface area contributed by atoms with Gasteiger partial charge in [0.2, 0.25) is 0 Å². The summed E-state index contributed by atoms with van der Waals surface area (Å²) in [7, 11) is 1.38. The van der Waals surface area contributed by atoms with Gasteiger partial charge in [-0.2, -0.15) is 0 Å². The molecule has 2 N–H and O–H groups in total. The van der Waals surface area contributed by atoms with Gasteiger partial charge in [-0.05, 0) is 42.9 Å². The smallest absolute Gasteiger partial charge is 0.337 e. The molecule has 0 bridgehead atoms. The first-order chi connectivity index (χ1) is 9.19. The Hall–Kier alpha value is -1.81. The lowest BCUT2D eigenvalue weighted by Crippen LogP contribution is -2.01. The first-order valence-electron chi connectivity index (χ1n) is 6.56. The van der Waals surface area contributed by atoms with Crippen molar-refractivity contribution in [3.05, 3.63) is 35.5 Å². The van der Waals surface area contributed by atoms with Crippen LogP contribution in [0.1, 0.15) is 41.1 Å². The number of aliphatic hydroxyl groups excluding tert-OH is 1. The number of carbonyl (C=O) groups is 1. The molecule has 1 heterocycles. The summed E-state index contributed by atoms with van der Waals surface area (Å²) in [6.07, 6.45) is 4.54. The number of hydrogen-bond acceptors (Lipinski definition) is 3. The molecule has 1 aliphatic carbocycles. The van der Waals surface area contributed by atoms with E-state index >= 15 is 0 Å². The molecule has 4 heteroatoms. The number of rotatable bonds is 2. The van der Waals surface area contributed by atoms with Crippen molar-refractivity contribution in [3.8, 4) is 0 Å². The zero-order valence-corrected chi connectivity index (χ0v) is 10.8. The second kappa shape index (κ2) is 4.70. The summed E-state index contributed by atoms with van der Waals surface area (Å²) < 4.78 is 4.72. The molecule has 0 spiro atoms.